The third kappa shape index (κ3) is 3.32. The predicted octanol–water partition coefficient (Wildman–Crippen LogP) is 3.20. The van der Waals surface area contributed by atoms with Crippen LogP contribution >= 0.6 is 0 Å². The van der Waals surface area contributed by atoms with E-state index in [4.69, 9.17) is 15.0 Å². The third-order valence-corrected chi connectivity index (χ3v) is 2.78. The van der Waals surface area contributed by atoms with Crippen molar-refractivity contribution in [3.05, 3.63) is 30.1 Å². The van der Waals surface area contributed by atoms with Crippen LogP contribution in [0.15, 0.2) is 28.8 Å². The number of hydrogen-bond acceptors (Lipinski definition) is 5. The fourth-order valence-corrected chi connectivity index (χ4v) is 1.90. The second kappa shape index (κ2) is 6.33. The van der Waals surface area contributed by atoms with Gasteiger partial charge in [-0.2, -0.15) is 4.98 Å². The molecular formula is C14H19N3O2. The minimum absolute atomic E-state index is 0.103. The number of anilines is 1. The summed E-state index contributed by atoms with van der Waals surface area (Å²) < 4.78 is 10.9. The molecule has 1 aromatic heterocycles. The highest BCUT2D eigenvalue weighted by molar-refractivity contribution is 5.59. The molecule has 0 spiro atoms. The standard InChI is InChI=1S/C14H19N3O2/c1-3-6-12(18-4-2)13-16-14(19-17-13)10-7-5-8-11(15)9-10/h5,7-9,12H,3-4,6,15H2,1-2H3. The smallest absolute Gasteiger partial charge is 0.258 e. The number of nitrogens with zero attached hydrogens (tertiary/aromatic N) is 2. The van der Waals surface area contributed by atoms with Gasteiger partial charge in [0.25, 0.3) is 5.89 Å². The molecule has 5 nitrogen and oxygen atoms in total. The molecule has 0 radical (unpaired) electrons. The summed E-state index contributed by atoms with van der Waals surface area (Å²) in [6.45, 7) is 4.69. The Hall–Kier alpha value is -1.88. The molecule has 0 aliphatic carbocycles. The third-order valence-electron chi connectivity index (χ3n) is 2.78. The van der Waals surface area contributed by atoms with Crippen LogP contribution in [0.2, 0.25) is 0 Å². The molecule has 1 unspecified atom stereocenters. The average molecular weight is 261 g/mol. The molecule has 2 aromatic rings. The van der Waals surface area contributed by atoms with Crippen molar-refractivity contribution in [3.8, 4) is 11.5 Å². The van der Waals surface area contributed by atoms with E-state index in [0.717, 1.165) is 18.4 Å². The molecule has 5 heteroatoms. The van der Waals surface area contributed by atoms with Crippen molar-refractivity contribution in [3.63, 3.8) is 0 Å². The lowest BCUT2D eigenvalue weighted by Gasteiger charge is -2.11. The van der Waals surface area contributed by atoms with Crippen molar-refractivity contribution in [2.24, 2.45) is 0 Å². The summed E-state index contributed by atoms with van der Waals surface area (Å²) in [5.74, 6) is 1.07. The summed E-state index contributed by atoms with van der Waals surface area (Å²) in [6.07, 6.45) is 1.78. The number of benzene rings is 1. The van der Waals surface area contributed by atoms with Crippen LogP contribution in [0.1, 0.15) is 38.6 Å². The molecule has 0 saturated carbocycles. The van der Waals surface area contributed by atoms with Gasteiger partial charge in [-0.3, -0.25) is 0 Å². The highest BCUT2D eigenvalue weighted by atomic mass is 16.5. The van der Waals surface area contributed by atoms with Crippen LogP contribution in [0.3, 0.4) is 0 Å². The van der Waals surface area contributed by atoms with E-state index in [1.807, 2.05) is 31.2 Å². The Labute approximate surface area is 112 Å². The monoisotopic (exact) mass is 261 g/mol. The van der Waals surface area contributed by atoms with Gasteiger partial charge < -0.3 is 15.0 Å². The highest BCUT2D eigenvalue weighted by Gasteiger charge is 2.18. The van der Waals surface area contributed by atoms with Gasteiger partial charge in [0.1, 0.15) is 6.10 Å². The van der Waals surface area contributed by atoms with Gasteiger partial charge in [0, 0.05) is 17.9 Å². The van der Waals surface area contributed by atoms with Crippen molar-refractivity contribution in [2.45, 2.75) is 32.8 Å². The summed E-state index contributed by atoms with van der Waals surface area (Å²) in [6, 6.07) is 7.39. The Kier molecular flexibility index (Phi) is 4.52. The van der Waals surface area contributed by atoms with Gasteiger partial charge in [-0.05, 0) is 31.5 Å². The molecule has 1 atom stereocenters. The van der Waals surface area contributed by atoms with Crippen molar-refractivity contribution in [1.29, 1.82) is 0 Å². The predicted molar refractivity (Wildman–Crippen MR) is 73.4 cm³/mol. The van der Waals surface area contributed by atoms with Gasteiger partial charge in [-0.25, -0.2) is 0 Å². The molecule has 1 heterocycles. The van der Waals surface area contributed by atoms with E-state index < -0.39 is 0 Å². The summed E-state index contributed by atoms with van der Waals surface area (Å²) in [5, 5.41) is 4.01. The normalized spacial score (nSPS) is 12.5. The van der Waals surface area contributed by atoms with Gasteiger partial charge in [-0.1, -0.05) is 24.6 Å². The Bertz CT molecular complexity index is 519. The van der Waals surface area contributed by atoms with Crippen molar-refractivity contribution in [1.82, 2.24) is 10.1 Å². The topological polar surface area (TPSA) is 74.2 Å². The molecule has 2 N–H and O–H groups in total. The van der Waals surface area contributed by atoms with Crippen LogP contribution in [-0.2, 0) is 4.74 Å². The Morgan fingerprint density at radius 1 is 1.37 bits per heavy atom. The minimum Gasteiger partial charge on any atom is -0.399 e. The summed E-state index contributed by atoms with van der Waals surface area (Å²) in [5.41, 5.74) is 7.24. The van der Waals surface area contributed by atoms with E-state index in [1.54, 1.807) is 0 Å². The van der Waals surface area contributed by atoms with Crippen LogP contribution in [0.25, 0.3) is 11.5 Å². The van der Waals surface area contributed by atoms with E-state index in [-0.39, 0.29) is 6.10 Å². The molecule has 19 heavy (non-hydrogen) atoms. The van der Waals surface area contributed by atoms with E-state index in [0.29, 0.717) is 24.0 Å². The van der Waals surface area contributed by atoms with Crippen LogP contribution < -0.4 is 5.73 Å². The zero-order valence-electron chi connectivity index (χ0n) is 11.3. The molecular weight excluding hydrogens is 242 g/mol. The van der Waals surface area contributed by atoms with E-state index in [2.05, 4.69) is 17.1 Å². The molecule has 0 fully saturated rings. The minimum atomic E-state index is -0.103. The van der Waals surface area contributed by atoms with Gasteiger partial charge in [0.05, 0.1) is 0 Å². The van der Waals surface area contributed by atoms with Crippen molar-refractivity contribution < 1.29 is 9.26 Å². The molecule has 0 aliphatic rings. The number of aromatic nitrogens is 2. The number of hydrogen-bond donors (Lipinski definition) is 1. The molecule has 0 saturated heterocycles. The average Bonchev–Trinajstić information content (AvgIpc) is 2.88. The first-order valence-corrected chi connectivity index (χ1v) is 6.55. The number of ether oxygens (including phenoxy) is 1. The van der Waals surface area contributed by atoms with E-state index >= 15 is 0 Å². The Balaban J connectivity index is 2.22. The second-order valence-corrected chi connectivity index (χ2v) is 4.32. The molecule has 1 aromatic carbocycles. The maximum atomic E-state index is 5.74. The summed E-state index contributed by atoms with van der Waals surface area (Å²) in [4.78, 5) is 4.40. The van der Waals surface area contributed by atoms with Gasteiger partial charge >= 0.3 is 0 Å². The maximum Gasteiger partial charge on any atom is 0.258 e. The first kappa shape index (κ1) is 13.5. The lowest BCUT2D eigenvalue weighted by Crippen LogP contribution is -2.05. The molecule has 0 bridgehead atoms. The highest BCUT2D eigenvalue weighted by Crippen LogP contribution is 2.24. The fourth-order valence-electron chi connectivity index (χ4n) is 1.90. The quantitative estimate of drug-likeness (QED) is 0.808. The lowest BCUT2D eigenvalue weighted by atomic mass is 10.2. The first-order valence-electron chi connectivity index (χ1n) is 6.55. The molecule has 0 aliphatic heterocycles. The fraction of sp³-hybridized carbons (Fsp3) is 0.429. The summed E-state index contributed by atoms with van der Waals surface area (Å²) in [7, 11) is 0. The van der Waals surface area contributed by atoms with Crippen molar-refractivity contribution in [2.75, 3.05) is 12.3 Å². The molecule has 0 amide bonds. The Morgan fingerprint density at radius 3 is 2.89 bits per heavy atom. The number of nitrogen functional groups attached to an aromatic ring is 1. The van der Waals surface area contributed by atoms with Crippen LogP contribution in [-0.4, -0.2) is 16.7 Å². The zero-order valence-corrected chi connectivity index (χ0v) is 11.3. The Morgan fingerprint density at radius 2 is 2.21 bits per heavy atom. The van der Waals surface area contributed by atoms with Crippen LogP contribution in [0.4, 0.5) is 5.69 Å². The van der Waals surface area contributed by atoms with E-state index in [1.165, 1.54) is 0 Å². The van der Waals surface area contributed by atoms with Gasteiger partial charge in [0.15, 0.2) is 0 Å². The van der Waals surface area contributed by atoms with Crippen LogP contribution in [0.5, 0.6) is 0 Å². The lowest BCUT2D eigenvalue weighted by molar-refractivity contribution is 0.0478. The maximum absolute atomic E-state index is 5.74. The van der Waals surface area contributed by atoms with Crippen molar-refractivity contribution >= 4 is 5.69 Å². The summed E-state index contributed by atoms with van der Waals surface area (Å²) >= 11 is 0. The van der Waals surface area contributed by atoms with Gasteiger partial charge in [0.2, 0.25) is 5.82 Å². The number of rotatable bonds is 6. The van der Waals surface area contributed by atoms with Crippen LogP contribution in [0, 0.1) is 0 Å². The van der Waals surface area contributed by atoms with Gasteiger partial charge in [-0.15, -0.1) is 0 Å². The zero-order chi connectivity index (χ0) is 13.7. The first-order chi connectivity index (χ1) is 9.24. The largest absolute Gasteiger partial charge is 0.399 e. The van der Waals surface area contributed by atoms with E-state index in [9.17, 15) is 0 Å². The molecule has 102 valence electrons. The second-order valence-electron chi connectivity index (χ2n) is 4.32. The molecule has 2 rings (SSSR count). The SMILES string of the molecule is CCCC(OCC)c1noc(-c2cccc(N)c2)n1. The number of nitrogens with two attached hydrogens (primary N) is 1.